The Balaban J connectivity index is 2.32. The number of hydrogen-bond acceptors (Lipinski definition) is 3. The first kappa shape index (κ1) is 14.5. The lowest BCUT2D eigenvalue weighted by atomic mass is 10.1. The van der Waals surface area contributed by atoms with Gasteiger partial charge in [-0.2, -0.15) is 0 Å². The average molecular weight is 290 g/mol. The maximum Gasteiger partial charge on any atom is 0.258 e. The van der Waals surface area contributed by atoms with Gasteiger partial charge in [-0.1, -0.05) is 19.1 Å². The summed E-state index contributed by atoms with van der Waals surface area (Å²) in [6.07, 6.45) is 3.25. The zero-order valence-electron chi connectivity index (χ0n) is 11.5. The molecule has 0 spiro atoms. The predicted molar refractivity (Wildman–Crippen MR) is 85.4 cm³/mol. The van der Waals surface area contributed by atoms with Gasteiger partial charge in [0.05, 0.1) is 11.6 Å². The fourth-order valence-corrected chi connectivity index (χ4v) is 2.07. The Morgan fingerprint density at radius 3 is 2.90 bits per heavy atom. The Morgan fingerprint density at radius 2 is 2.20 bits per heavy atom. The summed E-state index contributed by atoms with van der Waals surface area (Å²) in [6, 6.07) is 7.44. The Kier molecular flexibility index (Phi) is 4.74. The van der Waals surface area contributed by atoms with E-state index in [1.165, 1.54) is 0 Å². The van der Waals surface area contributed by atoms with Gasteiger partial charge in [0.25, 0.3) is 5.56 Å². The molecular weight excluding hydrogens is 272 g/mol. The smallest absolute Gasteiger partial charge is 0.258 e. The van der Waals surface area contributed by atoms with E-state index in [4.69, 9.17) is 22.7 Å². The van der Waals surface area contributed by atoms with Crippen molar-refractivity contribution in [3.63, 3.8) is 0 Å². The van der Waals surface area contributed by atoms with Crippen LogP contribution in [0.2, 0.25) is 0 Å². The van der Waals surface area contributed by atoms with E-state index in [1.54, 1.807) is 16.8 Å². The van der Waals surface area contributed by atoms with E-state index in [1.807, 2.05) is 18.2 Å². The highest BCUT2D eigenvalue weighted by Crippen LogP contribution is 2.18. The molecule has 106 valence electrons. The van der Waals surface area contributed by atoms with Crippen molar-refractivity contribution in [2.75, 3.05) is 6.61 Å². The van der Waals surface area contributed by atoms with Crippen molar-refractivity contribution in [1.29, 1.82) is 0 Å². The van der Waals surface area contributed by atoms with E-state index in [9.17, 15) is 4.79 Å². The molecule has 2 rings (SSSR count). The van der Waals surface area contributed by atoms with Gasteiger partial charge in [0.2, 0.25) is 0 Å². The summed E-state index contributed by atoms with van der Waals surface area (Å²) in [5, 5.41) is 1.56. The van der Waals surface area contributed by atoms with Crippen LogP contribution in [0, 0.1) is 0 Å². The van der Waals surface area contributed by atoms with Gasteiger partial charge in [-0.3, -0.25) is 4.79 Å². The van der Waals surface area contributed by atoms with E-state index in [-0.39, 0.29) is 5.56 Å². The number of nitrogens with zero attached hydrogens (tertiary/aromatic N) is 1. The molecule has 0 saturated carbocycles. The molecule has 5 heteroatoms. The van der Waals surface area contributed by atoms with Crippen molar-refractivity contribution in [2.45, 2.75) is 26.3 Å². The molecule has 0 aliphatic rings. The third-order valence-electron chi connectivity index (χ3n) is 3.02. The highest BCUT2D eigenvalue weighted by molar-refractivity contribution is 7.80. The number of thiocarbonyl (C=S) groups is 1. The molecule has 1 heterocycles. The normalized spacial score (nSPS) is 10.7. The molecule has 1 aromatic heterocycles. The highest BCUT2D eigenvalue weighted by Gasteiger charge is 2.04. The predicted octanol–water partition coefficient (Wildman–Crippen LogP) is 2.47. The van der Waals surface area contributed by atoms with Gasteiger partial charge in [0.15, 0.2) is 0 Å². The zero-order valence-corrected chi connectivity index (χ0v) is 12.3. The van der Waals surface area contributed by atoms with Crippen LogP contribution in [-0.2, 0) is 6.54 Å². The lowest BCUT2D eigenvalue weighted by Crippen LogP contribution is -2.22. The number of rotatable bonds is 6. The van der Waals surface area contributed by atoms with Crippen molar-refractivity contribution in [1.82, 2.24) is 4.57 Å². The molecule has 0 radical (unpaired) electrons. The van der Waals surface area contributed by atoms with Gasteiger partial charge in [-0.25, -0.2) is 0 Å². The average Bonchev–Trinajstić information content (AvgIpc) is 2.44. The van der Waals surface area contributed by atoms with Crippen LogP contribution < -0.4 is 16.0 Å². The Bertz CT molecular complexity index is 679. The molecule has 0 unspecified atom stereocenters. The maximum atomic E-state index is 12.3. The molecule has 0 aliphatic heterocycles. The van der Waals surface area contributed by atoms with Crippen LogP contribution >= 0.6 is 12.2 Å². The standard InChI is InChI=1S/C15H18N2O2S/c1-2-9-19-12-3-4-13-11(10-12)5-7-17(15(13)18)8-6-14(16)20/h3-5,7,10H,2,6,8-9H2,1H3,(H2,16,20). The van der Waals surface area contributed by atoms with E-state index >= 15 is 0 Å². The van der Waals surface area contributed by atoms with Gasteiger partial charge in [0.1, 0.15) is 5.75 Å². The third kappa shape index (κ3) is 3.36. The molecular formula is C15H18N2O2S. The summed E-state index contributed by atoms with van der Waals surface area (Å²) in [5.74, 6) is 0.791. The molecule has 0 fully saturated rings. The number of pyridine rings is 1. The second-order valence-electron chi connectivity index (χ2n) is 4.63. The second-order valence-corrected chi connectivity index (χ2v) is 5.15. The molecule has 0 bridgehead atoms. The Morgan fingerprint density at radius 1 is 1.40 bits per heavy atom. The quantitative estimate of drug-likeness (QED) is 0.830. The summed E-state index contributed by atoms with van der Waals surface area (Å²) in [5.41, 5.74) is 5.44. The van der Waals surface area contributed by atoms with E-state index in [2.05, 4.69) is 6.92 Å². The summed E-state index contributed by atoms with van der Waals surface area (Å²) in [7, 11) is 0. The summed E-state index contributed by atoms with van der Waals surface area (Å²) in [4.78, 5) is 12.7. The van der Waals surface area contributed by atoms with E-state index in [0.717, 1.165) is 17.6 Å². The summed E-state index contributed by atoms with van der Waals surface area (Å²) < 4.78 is 7.20. The minimum absolute atomic E-state index is 0.0270. The van der Waals surface area contributed by atoms with Crippen molar-refractivity contribution in [3.05, 3.63) is 40.8 Å². The van der Waals surface area contributed by atoms with Gasteiger partial charge in [-0.05, 0) is 36.1 Å². The van der Waals surface area contributed by atoms with E-state index < -0.39 is 0 Å². The number of nitrogens with two attached hydrogens (primary N) is 1. The molecule has 2 N–H and O–H groups in total. The Hall–Kier alpha value is -1.88. The molecule has 1 aromatic carbocycles. The first-order valence-electron chi connectivity index (χ1n) is 6.66. The van der Waals surface area contributed by atoms with Crippen LogP contribution in [0.15, 0.2) is 35.3 Å². The van der Waals surface area contributed by atoms with Crippen molar-refractivity contribution < 1.29 is 4.74 Å². The first-order chi connectivity index (χ1) is 9.61. The third-order valence-corrected chi connectivity index (χ3v) is 3.22. The fourth-order valence-electron chi connectivity index (χ4n) is 1.98. The van der Waals surface area contributed by atoms with Crippen LogP contribution in [0.3, 0.4) is 0 Å². The molecule has 0 atom stereocenters. The van der Waals surface area contributed by atoms with Gasteiger partial charge < -0.3 is 15.0 Å². The van der Waals surface area contributed by atoms with Crippen LogP contribution in [-0.4, -0.2) is 16.2 Å². The molecule has 0 amide bonds. The number of aromatic nitrogens is 1. The van der Waals surface area contributed by atoms with Crippen molar-refractivity contribution >= 4 is 28.0 Å². The number of ether oxygens (including phenoxy) is 1. The lowest BCUT2D eigenvalue weighted by molar-refractivity contribution is 0.318. The van der Waals surface area contributed by atoms with Crippen LogP contribution in [0.1, 0.15) is 19.8 Å². The van der Waals surface area contributed by atoms with Crippen molar-refractivity contribution in [3.8, 4) is 5.75 Å². The summed E-state index contributed by atoms with van der Waals surface area (Å²) in [6.45, 7) is 3.25. The second kappa shape index (κ2) is 6.52. The number of fused-ring (bicyclic) bond motifs is 1. The Labute approximate surface area is 123 Å². The molecule has 4 nitrogen and oxygen atoms in total. The van der Waals surface area contributed by atoms with Crippen LogP contribution in [0.5, 0.6) is 5.75 Å². The lowest BCUT2D eigenvalue weighted by Gasteiger charge is -2.08. The SMILES string of the molecule is CCCOc1ccc2c(=O)n(CCC(N)=S)ccc2c1. The monoisotopic (exact) mass is 290 g/mol. The zero-order chi connectivity index (χ0) is 14.5. The fraction of sp³-hybridized carbons (Fsp3) is 0.333. The highest BCUT2D eigenvalue weighted by atomic mass is 32.1. The van der Waals surface area contributed by atoms with Gasteiger partial charge in [0, 0.05) is 24.5 Å². The summed E-state index contributed by atoms with van der Waals surface area (Å²) >= 11 is 4.84. The minimum Gasteiger partial charge on any atom is -0.494 e. The molecule has 0 saturated heterocycles. The van der Waals surface area contributed by atoms with Crippen molar-refractivity contribution in [2.24, 2.45) is 5.73 Å². The topological polar surface area (TPSA) is 57.2 Å². The largest absolute Gasteiger partial charge is 0.494 e. The van der Waals surface area contributed by atoms with E-state index in [0.29, 0.717) is 29.9 Å². The maximum absolute atomic E-state index is 12.3. The molecule has 0 aliphatic carbocycles. The van der Waals surface area contributed by atoms with Gasteiger partial charge >= 0.3 is 0 Å². The number of benzene rings is 1. The van der Waals surface area contributed by atoms with Crippen LogP contribution in [0.25, 0.3) is 10.8 Å². The first-order valence-corrected chi connectivity index (χ1v) is 7.07. The number of hydrogen-bond donors (Lipinski definition) is 1. The number of aryl methyl sites for hydroxylation is 1. The van der Waals surface area contributed by atoms with Gasteiger partial charge in [-0.15, -0.1) is 0 Å². The molecule has 20 heavy (non-hydrogen) atoms. The minimum atomic E-state index is -0.0270. The van der Waals surface area contributed by atoms with Crippen LogP contribution in [0.4, 0.5) is 0 Å². The molecule has 2 aromatic rings.